The lowest BCUT2D eigenvalue weighted by molar-refractivity contribution is 0.574. The molecule has 4 aromatic rings. The first-order valence-corrected chi connectivity index (χ1v) is 9.20. The lowest BCUT2D eigenvalue weighted by Crippen LogP contribution is -2.35. The fourth-order valence-corrected chi connectivity index (χ4v) is 3.58. The van der Waals surface area contributed by atoms with Crippen LogP contribution < -0.4 is 11.1 Å². The van der Waals surface area contributed by atoms with Crippen LogP contribution in [0.1, 0.15) is 11.1 Å². The second-order valence-corrected chi connectivity index (χ2v) is 6.91. The molecule has 26 heavy (non-hydrogen) atoms. The summed E-state index contributed by atoms with van der Waals surface area (Å²) in [5.74, 6) is 0. The first-order valence-electron chi connectivity index (χ1n) is 9.20. The molecule has 4 rings (SSSR count). The molecule has 0 saturated carbocycles. The molecule has 0 saturated heterocycles. The van der Waals surface area contributed by atoms with Crippen molar-refractivity contribution in [1.29, 1.82) is 0 Å². The Balaban J connectivity index is 1.36. The van der Waals surface area contributed by atoms with Crippen molar-refractivity contribution in [3.05, 3.63) is 96.1 Å². The number of benzene rings is 4. The van der Waals surface area contributed by atoms with Gasteiger partial charge in [0, 0.05) is 19.1 Å². The molecule has 0 amide bonds. The Hall–Kier alpha value is -2.68. The summed E-state index contributed by atoms with van der Waals surface area (Å²) in [5, 5.41) is 8.68. The van der Waals surface area contributed by atoms with Gasteiger partial charge in [-0.2, -0.15) is 0 Å². The average molecular weight is 340 g/mol. The van der Waals surface area contributed by atoms with Gasteiger partial charge in [0.05, 0.1) is 0 Å². The van der Waals surface area contributed by atoms with E-state index in [4.69, 9.17) is 5.73 Å². The molecule has 3 N–H and O–H groups in total. The number of rotatable bonds is 6. The maximum absolute atomic E-state index is 6.36. The van der Waals surface area contributed by atoms with E-state index < -0.39 is 0 Å². The van der Waals surface area contributed by atoms with Gasteiger partial charge >= 0.3 is 0 Å². The highest BCUT2D eigenvalue weighted by Gasteiger charge is 2.06. The number of hydrogen-bond donors (Lipinski definition) is 2. The van der Waals surface area contributed by atoms with E-state index in [0.717, 1.165) is 19.5 Å². The summed E-state index contributed by atoms with van der Waals surface area (Å²) in [5.41, 5.74) is 8.98. The van der Waals surface area contributed by atoms with E-state index in [0.29, 0.717) is 0 Å². The number of hydrogen-bond acceptors (Lipinski definition) is 2. The smallest absolute Gasteiger partial charge is 0.0212 e. The largest absolute Gasteiger partial charge is 0.326 e. The van der Waals surface area contributed by atoms with E-state index in [1.54, 1.807) is 0 Å². The van der Waals surface area contributed by atoms with Crippen molar-refractivity contribution in [3.8, 4) is 0 Å². The van der Waals surface area contributed by atoms with E-state index >= 15 is 0 Å². The first-order chi connectivity index (χ1) is 12.8. The Morgan fingerprint density at radius 3 is 2.35 bits per heavy atom. The van der Waals surface area contributed by atoms with Crippen LogP contribution in [0.25, 0.3) is 21.5 Å². The number of nitrogens with two attached hydrogens (primary N) is 1. The Morgan fingerprint density at radius 2 is 1.46 bits per heavy atom. The highest BCUT2D eigenvalue weighted by molar-refractivity contribution is 5.85. The van der Waals surface area contributed by atoms with Crippen LogP contribution in [-0.4, -0.2) is 12.6 Å². The fourth-order valence-electron chi connectivity index (χ4n) is 3.58. The predicted octanol–water partition coefficient (Wildman–Crippen LogP) is 4.65. The van der Waals surface area contributed by atoms with Crippen molar-refractivity contribution in [2.45, 2.75) is 19.0 Å². The monoisotopic (exact) mass is 340 g/mol. The summed E-state index contributed by atoms with van der Waals surface area (Å²) in [7, 11) is 0. The molecule has 0 aliphatic heterocycles. The van der Waals surface area contributed by atoms with Gasteiger partial charge in [-0.25, -0.2) is 0 Å². The molecule has 1 atom stereocenters. The number of nitrogens with one attached hydrogen (secondary N) is 1. The normalized spacial score (nSPS) is 12.5. The number of fused-ring (bicyclic) bond motifs is 2. The van der Waals surface area contributed by atoms with Gasteiger partial charge in [0.1, 0.15) is 0 Å². The molecule has 0 spiro atoms. The molecule has 2 heteroatoms. The van der Waals surface area contributed by atoms with Gasteiger partial charge < -0.3 is 11.1 Å². The van der Waals surface area contributed by atoms with Gasteiger partial charge in [0.15, 0.2) is 0 Å². The van der Waals surface area contributed by atoms with Gasteiger partial charge in [-0.1, -0.05) is 84.9 Å². The van der Waals surface area contributed by atoms with Crippen LogP contribution in [-0.2, 0) is 13.0 Å². The average Bonchev–Trinajstić information content (AvgIpc) is 2.68. The lowest BCUT2D eigenvalue weighted by Gasteiger charge is -2.14. The van der Waals surface area contributed by atoms with Crippen LogP contribution in [0.2, 0.25) is 0 Å². The Kier molecular flexibility index (Phi) is 4.96. The van der Waals surface area contributed by atoms with E-state index in [9.17, 15) is 0 Å². The van der Waals surface area contributed by atoms with Crippen LogP contribution in [0.4, 0.5) is 0 Å². The minimum atomic E-state index is 0.103. The first kappa shape index (κ1) is 16.8. The molecule has 2 nitrogen and oxygen atoms in total. The summed E-state index contributed by atoms with van der Waals surface area (Å²) >= 11 is 0. The highest BCUT2D eigenvalue weighted by atomic mass is 14.9. The van der Waals surface area contributed by atoms with Crippen LogP contribution in [0.15, 0.2) is 84.9 Å². The molecular weight excluding hydrogens is 316 g/mol. The molecule has 0 bridgehead atoms. The van der Waals surface area contributed by atoms with E-state index in [2.05, 4.69) is 90.2 Å². The Bertz CT molecular complexity index is 1020. The van der Waals surface area contributed by atoms with Gasteiger partial charge in [-0.15, -0.1) is 0 Å². The van der Waals surface area contributed by atoms with Crippen molar-refractivity contribution < 1.29 is 0 Å². The zero-order chi connectivity index (χ0) is 17.8. The lowest BCUT2D eigenvalue weighted by atomic mass is 10.0. The second kappa shape index (κ2) is 7.69. The van der Waals surface area contributed by atoms with Crippen molar-refractivity contribution in [2.75, 3.05) is 6.54 Å². The van der Waals surface area contributed by atoms with Crippen molar-refractivity contribution in [2.24, 2.45) is 5.73 Å². The zero-order valence-corrected chi connectivity index (χ0v) is 14.9. The summed E-state index contributed by atoms with van der Waals surface area (Å²) in [6.07, 6.45) is 0.882. The van der Waals surface area contributed by atoms with Gasteiger partial charge in [-0.05, 0) is 39.1 Å². The van der Waals surface area contributed by atoms with Crippen LogP contribution in [0.5, 0.6) is 0 Å². The van der Waals surface area contributed by atoms with E-state index in [1.165, 1.54) is 32.7 Å². The molecule has 4 aromatic carbocycles. The third-order valence-corrected chi connectivity index (χ3v) is 4.91. The third-order valence-electron chi connectivity index (χ3n) is 4.91. The Morgan fingerprint density at radius 1 is 0.731 bits per heavy atom. The van der Waals surface area contributed by atoms with E-state index in [-0.39, 0.29) is 6.04 Å². The van der Waals surface area contributed by atoms with E-state index in [1.807, 2.05) is 0 Å². The Labute approximate surface area is 154 Å². The summed E-state index contributed by atoms with van der Waals surface area (Å²) in [6, 6.07) is 30.2. The van der Waals surface area contributed by atoms with Crippen molar-refractivity contribution in [1.82, 2.24) is 5.32 Å². The fraction of sp³-hybridized carbons (Fsp3) is 0.167. The second-order valence-electron chi connectivity index (χ2n) is 6.91. The zero-order valence-electron chi connectivity index (χ0n) is 14.9. The molecule has 0 aliphatic rings. The summed E-state index contributed by atoms with van der Waals surface area (Å²) in [4.78, 5) is 0. The molecule has 1 unspecified atom stereocenters. The minimum absolute atomic E-state index is 0.103. The molecule has 0 heterocycles. The summed E-state index contributed by atoms with van der Waals surface area (Å²) in [6.45, 7) is 1.64. The molecule has 0 fully saturated rings. The topological polar surface area (TPSA) is 38.0 Å². The molecule has 0 radical (unpaired) electrons. The van der Waals surface area contributed by atoms with Crippen LogP contribution in [0, 0.1) is 0 Å². The molecule has 0 aliphatic carbocycles. The van der Waals surface area contributed by atoms with Gasteiger partial charge in [0.25, 0.3) is 0 Å². The van der Waals surface area contributed by atoms with Gasteiger partial charge in [-0.3, -0.25) is 0 Å². The quantitative estimate of drug-likeness (QED) is 0.536. The van der Waals surface area contributed by atoms with Crippen LogP contribution >= 0.6 is 0 Å². The maximum Gasteiger partial charge on any atom is 0.0212 e. The SMILES string of the molecule is NC(CNCc1cccc2ccccc12)Cc1ccc2ccccc2c1. The molecular formula is C24H24N2. The van der Waals surface area contributed by atoms with Crippen molar-refractivity contribution in [3.63, 3.8) is 0 Å². The minimum Gasteiger partial charge on any atom is -0.326 e. The predicted molar refractivity (Wildman–Crippen MR) is 111 cm³/mol. The maximum atomic E-state index is 6.36. The summed E-state index contributed by atoms with van der Waals surface area (Å²) < 4.78 is 0. The highest BCUT2D eigenvalue weighted by Crippen LogP contribution is 2.18. The molecule has 0 aromatic heterocycles. The third kappa shape index (κ3) is 3.77. The standard InChI is InChI=1S/C24H24N2/c25-23(15-18-12-13-19-6-1-2-8-21(19)14-18)17-26-16-22-10-5-9-20-7-3-4-11-24(20)22/h1-14,23,26H,15-17,25H2. The van der Waals surface area contributed by atoms with Crippen molar-refractivity contribution >= 4 is 21.5 Å². The van der Waals surface area contributed by atoms with Crippen LogP contribution in [0.3, 0.4) is 0 Å². The molecule has 130 valence electrons. The van der Waals surface area contributed by atoms with Gasteiger partial charge in [0.2, 0.25) is 0 Å².